The highest BCUT2D eigenvalue weighted by Gasteiger charge is 2.09. The summed E-state index contributed by atoms with van der Waals surface area (Å²) in [5, 5.41) is 20.5. The van der Waals surface area contributed by atoms with Crippen LogP contribution in [-0.4, -0.2) is 25.0 Å². The van der Waals surface area contributed by atoms with Gasteiger partial charge in [-0.2, -0.15) is 5.26 Å². The van der Waals surface area contributed by atoms with E-state index in [1.807, 2.05) is 36.4 Å². The summed E-state index contributed by atoms with van der Waals surface area (Å²) in [6.45, 7) is 0.286. The van der Waals surface area contributed by atoms with Crippen molar-refractivity contribution in [3.8, 4) is 17.5 Å². The maximum Gasteiger partial charge on any atom is 0.252 e. The molecule has 3 aromatic rings. The summed E-state index contributed by atoms with van der Waals surface area (Å²) in [7, 11) is 0. The van der Waals surface area contributed by atoms with Crippen LogP contribution in [0.2, 0.25) is 0 Å². The minimum atomic E-state index is 0.114. The van der Waals surface area contributed by atoms with E-state index in [4.69, 9.17) is 9.68 Å². The number of nitrogens with zero attached hydrogens (tertiary/aromatic N) is 6. The van der Waals surface area contributed by atoms with Gasteiger partial charge in [0, 0.05) is 5.56 Å². The van der Waals surface area contributed by atoms with Crippen LogP contribution in [0.15, 0.2) is 41.1 Å². The van der Waals surface area contributed by atoms with E-state index in [2.05, 4.69) is 20.3 Å². The van der Waals surface area contributed by atoms with E-state index in [0.717, 1.165) is 5.56 Å². The predicted molar refractivity (Wildman–Crippen MR) is 63.6 cm³/mol. The van der Waals surface area contributed by atoms with Gasteiger partial charge < -0.3 is 4.42 Å². The maximum atomic E-state index is 8.63. The van der Waals surface area contributed by atoms with Gasteiger partial charge >= 0.3 is 0 Å². The normalized spacial score (nSPS) is 10.3. The summed E-state index contributed by atoms with van der Waals surface area (Å²) in [5.41, 5.74) is 0.859. The van der Waals surface area contributed by atoms with Gasteiger partial charge in [-0.25, -0.2) is 9.67 Å². The fraction of sp³-hybridized carbons (Fsp3) is 0.0833. The Morgan fingerprint density at radius 2 is 2.05 bits per heavy atom. The Morgan fingerprint density at radius 1 is 1.21 bits per heavy atom. The third-order valence-electron chi connectivity index (χ3n) is 2.42. The van der Waals surface area contributed by atoms with Crippen LogP contribution in [0, 0.1) is 11.3 Å². The molecule has 0 amide bonds. The molecule has 0 unspecified atom stereocenters. The highest BCUT2D eigenvalue weighted by atomic mass is 16.4. The average Bonchev–Trinajstić information content (AvgIpc) is 3.09. The van der Waals surface area contributed by atoms with Crippen molar-refractivity contribution in [2.24, 2.45) is 0 Å². The van der Waals surface area contributed by atoms with Crippen LogP contribution in [0.3, 0.4) is 0 Å². The van der Waals surface area contributed by atoms with E-state index in [9.17, 15) is 0 Å². The van der Waals surface area contributed by atoms with Crippen LogP contribution in [-0.2, 0) is 6.54 Å². The van der Waals surface area contributed by atoms with Gasteiger partial charge in [0.2, 0.25) is 11.8 Å². The Kier molecular flexibility index (Phi) is 2.74. The molecule has 0 radical (unpaired) electrons. The van der Waals surface area contributed by atoms with Gasteiger partial charge in [-0.15, -0.1) is 15.3 Å². The van der Waals surface area contributed by atoms with Crippen molar-refractivity contribution in [3.63, 3.8) is 0 Å². The second kappa shape index (κ2) is 4.70. The molecule has 0 N–H and O–H groups in total. The molecule has 0 saturated heterocycles. The van der Waals surface area contributed by atoms with Gasteiger partial charge in [-0.1, -0.05) is 18.2 Å². The van der Waals surface area contributed by atoms with Crippen LogP contribution in [0.4, 0.5) is 0 Å². The molecule has 0 atom stereocenters. The third-order valence-corrected chi connectivity index (χ3v) is 2.42. The first-order chi connectivity index (χ1) is 9.35. The van der Waals surface area contributed by atoms with Crippen LogP contribution >= 0.6 is 0 Å². The molecule has 0 saturated carbocycles. The Morgan fingerprint density at radius 3 is 2.79 bits per heavy atom. The van der Waals surface area contributed by atoms with Crippen molar-refractivity contribution in [3.05, 3.63) is 48.4 Å². The number of hydrogen-bond acceptors (Lipinski definition) is 6. The van der Waals surface area contributed by atoms with Gasteiger partial charge in [0.15, 0.2) is 0 Å². The Balaban J connectivity index is 1.80. The molecule has 0 aliphatic heterocycles. The van der Waals surface area contributed by atoms with Gasteiger partial charge in [0.25, 0.3) is 5.82 Å². The number of rotatable bonds is 3. The zero-order valence-electron chi connectivity index (χ0n) is 9.76. The zero-order valence-corrected chi connectivity index (χ0v) is 9.76. The molecule has 0 bridgehead atoms. The van der Waals surface area contributed by atoms with E-state index < -0.39 is 0 Å². The van der Waals surface area contributed by atoms with Gasteiger partial charge in [-0.05, 0) is 12.1 Å². The van der Waals surface area contributed by atoms with E-state index in [0.29, 0.717) is 11.8 Å². The molecule has 0 spiro atoms. The topological polar surface area (TPSA) is 93.4 Å². The summed E-state index contributed by atoms with van der Waals surface area (Å²) in [6.07, 6.45) is 1.45. The van der Waals surface area contributed by atoms with Crippen molar-refractivity contribution in [2.45, 2.75) is 6.54 Å². The molecule has 1 aromatic carbocycles. The molecule has 7 nitrogen and oxygen atoms in total. The largest absolute Gasteiger partial charge is 0.419 e. The first kappa shape index (κ1) is 11.1. The monoisotopic (exact) mass is 252 g/mol. The van der Waals surface area contributed by atoms with Crippen LogP contribution in [0.25, 0.3) is 11.5 Å². The number of benzene rings is 1. The van der Waals surface area contributed by atoms with Crippen LogP contribution in [0.5, 0.6) is 0 Å². The SMILES string of the molecule is N#Cc1ncn(Cc2nnc(-c3ccccc3)o2)n1. The van der Waals surface area contributed by atoms with E-state index >= 15 is 0 Å². The average molecular weight is 252 g/mol. The zero-order chi connectivity index (χ0) is 13.1. The second-order valence-corrected chi connectivity index (χ2v) is 3.74. The first-order valence-corrected chi connectivity index (χ1v) is 5.52. The highest BCUT2D eigenvalue weighted by molar-refractivity contribution is 5.51. The Bertz CT molecular complexity index is 724. The van der Waals surface area contributed by atoms with Crippen LogP contribution in [0.1, 0.15) is 11.7 Å². The van der Waals surface area contributed by atoms with Crippen LogP contribution < -0.4 is 0 Å². The molecule has 0 aliphatic carbocycles. The van der Waals surface area contributed by atoms with Gasteiger partial charge in [0.1, 0.15) is 18.9 Å². The number of nitriles is 1. The molecule has 0 fully saturated rings. The molecule has 2 aromatic heterocycles. The summed E-state index contributed by atoms with van der Waals surface area (Å²) in [6, 6.07) is 11.3. The number of hydrogen-bond donors (Lipinski definition) is 0. The van der Waals surface area contributed by atoms with Gasteiger partial charge in [0.05, 0.1) is 0 Å². The summed E-state index contributed by atoms with van der Waals surface area (Å²) < 4.78 is 7.00. The van der Waals surface area contributed by atoms with Crippen molar-refractivity contribution in [1.82, 2.24) is 25.0 Å². The quantitative estimate of drug-likeness (QED) is 0.696. The Hall–Kier alpha value is -3.01. The lowest BCUT2D eigenvalue weighted by molar-refractivity contribution is 0.473. The molecule has 19 heavy (non-hydrogen) atoms. The van der Waals surface area contributed by atoms with E-state index in [-0.39, 0.29) is 12.4 Å². The van der Waals surface area contributed by atoms with E-state index in [1.54, 1.807) is 0 Å². The fourth-order valence-electron chi connectivity index (χ4n) is 1.58. The molecule has 0 aliphatic rings. The molecule has 3 rings (SSSR count). The summed E-state index contributed by atoms with van der Waals surface area (Å²) in [4.78, 5) is 3.80. The summed E-state index contributed by atoms with van der Waals surface area (Å²) >= 11 is 0. The minimum Gasteiger partial charge on any atom is -0.419 e. The lowest BCUT2D eigenvalue weighted by Gasteiger charge is -1.94. The minimum absolute atomic E-state index is 0.114. The first-order valence-electron chi connectivity index (χ1n) is 5.52. The van der Waals surface area contributed by atoms with Crippen molar-refractivity contribution >= 4 is 0 Å². The lowest BCUT2D eigenvalue weighted by atomic mass is 10.2. The molecule has 2 heterocycles. The van der Waals surface area contributed by atoms with Crippen molar-refractivity contribution in [2.75, 3.05) is 0 Å². The molecule has 92 valence electrons. The Labute approximate surface area is 108 Å². The maximum absolute atomic E-state index is 8.63. The van der Waals surface area contributed by atoms with Crippen molar-refractivity contribution < 1.29 is 4.42 Å². The fourth-order valence-corrected chi connectivity index (χ4v) is 1.58. The number of aromatic nitrogens is 5. The van der Waals surface area contributed by atoms with E-state index in [1.165, 1.54) is 11.0 Å². The molecular formula is C12H8N6O. The molecular weight excluding hydrogens is 244 g/mol. The molecule has 7 heteroatoms. The predicted octanol–water partition coefficient (Wildman–Crippen LogP) is 1.25. The lowest BCUT2D eigenvalue weighted by Crippen LogP contribution is -2.00. The highest BCUT2D eigenvalue weighted by Crippen LogP contribution is 2.17. The standard InChI is InChI=1S/C12H8N6O/c13-6-10-14-8-18(17-10)7-11-15-16-12(19-11)9-4-2-1-3-5-9/h1-5,8H,7H2. The third kappa shape index (κ3) is 2.32. The second-order valence-electron chi connectivity index (χ2n) is 3.74. The summed E-state index contributed by atoms with van der Waals surface area (Å²) in [5.74, 6) is 0.979. The van der Waals surface area contributed by atoms with Crippen molar-refractivity contribution in [1.29, 1.82) is 5.26 Å². The van der Waals surface area contributed by atoms with Gasteiger partial charge in [-0.3, -0.25) is 0 Å². The smallest absolute Gasteiger partial charge is 0.252 e.